The molecule has 0 spiro atoms. The molecule has 1 N–H and O–H groups in total. The number of rotatable bonds is 0. The van der Waals surface area contributed by atoms with E-state index in [0.717, 1.165) is 0 Å². The van der Waals surface area contributed by atoms with Crippen molar-refractivity contribution >= 4 is 23.2 Å². The summed E-state index contributed by atoms with van der Waals surface area (Å²) in [6.45, 7) is 1.70. The van der Waals surface area contributed by atoms with Crippen LogP contribution in [-0.2, 0) is 4.79 Å². The van der Waals surface area contributed by atoms with Crippen LogP contribution in [0.5, 0.6) is 0 Å². The lowest BCUT2D eigenvalue weighted by Gasteiger charge is -1.90. The molecule has 1 atom stereocenters. The molecule has 1 aliphatic heterocycles. The van der Waals surface area contributed by atoms with Crippen molar-refractivity contribution in [1.29, 1.82) is 0 Å². The van der Waals surface area contributed by atoms with Crippen molar-refractivity contribution in [1.82, 2.24) is 5.43 Å². The maximum Gasteiger partial charge on any atom is 0.263 e. The molecule has 1 amide bonds. The summed E-state index contributed by atoms with van der Waals surface area (Å²) in [7, 11) is 0. The van der Waals surface area contributed by atoms with Gasteiger partial charge in [-0.05, 0) is 6.92 Å². The first-order valence-electron chi connectivity index (χ1n) is 2.20. The first-order valence-corrected chi connectivity index (χ1v) is 2.63. The van der Waals surface area contributed by atoms with E-state index in [1.54, 1.807) is 6.92 Å². The van der Waals surface area contributed by atoms with Crippen LogP contribution in [0, 0.1) is 0 Å². The van der Waals surface area contributed by atoms with Gasteiger partial charge in [0.2, 0.25) is 0 Å². The van der Waals surface area contributed by atoms with E-state index in [0.29, 0.717) is 5.71 Å². The first-order chi connectivity index (χ1) is 3.72. The molecule has 3 nitrogen and oxygen atoms in total. The molecule has 4 heteroatoms. The molecule has 0 radical (unpaired) electrons. The van der Waals surface area contributed by atoms with Crippen molar-refractivity contribution in [3.8, 4) is 0 Å². The minimum atomic E-state index is -0.546. The third-order valence-corrected chi connectivity index (χ3v) is 1.45. The Hall–Kier alpha value is -0.570. The van der Waals surface area contributed by atoms with E-state index >= 15 is 0 Å². The maximum absolute atomic E-state index is 10.4. The summed E-state index contributed by atoms with van der Waals surface area (Å²) in [6.07, 6.45) is 0. The molecule has 0 bridgehead atoms. The molecular formula is C4H5ClN2O. The van der Waals surface area contributed by atoms with Gasteiger partial charge in [-0.2, -0.15) is 5.10 Å². The van der Waals surface area contributed by atoms with Crippen LogP contribution in [0.3, 0.4) is 0 Å². The highest BCUT2D eigenvalue weighted by Crippen LogP contribution is 2.03. The Balaban J connectivity index is 2.72. The molecule has 44 valence electrons. The summed E-state index contributed by atoms with van der Waals surface area (Å²) in [5.41, 5.74) is 2.87. The maximum atomic E-state index is 10.4. The van der Waals surface area contributed by atoms with Crippen molar-refractivity contribution in [3.05, 3.63) is 0 Å². The van der Waals surface area contributed by atoms with Crippen molar-refractivity contribution < 1.29 is 4.79 Å². The second-order valence-electron chi connectivity index (χ2n) is 1.59. The van der Waals surface area contributed by atoms with Gasteiger partial charge in [0.05, 0.1) is 5.71 Å². The van der Waals surface area contributed by atoms with Crippen molar-refractivity contribution in [2.24, 2.45) is 5.10 Å². The lowest BCUT2D eigenvalue weighted by atomic mass is 10.3. The van der Waals surface area contributed by atoms with Crippen molar-refractivity contribution in [3.63, 3.8) is 0 Å². The van der Waals surface area contributed by atoms with E-state index in [4.69, 9.17) is 11.6 Å². The van der Waals surface area contributed by atoms with Gasteiger partial charge in [0, 0.05) is 0 Å². The molecule has 1 heterocycles. The topological polar surface area (TPSA) is 41.5 Å². The number of amides is 1. The standard InChI is InChI=1S/C4H5ClN2O/c1-2-3(5)4(8)7-6-2/h3H,1H3,(H,7,8). The van der Waals surface area contributed by atoms with Crippen LogP contribution < -0.4 is 5.43 Å². The zero-order valence-corrected chi connectivity index (χ0v) is 5.07. The van der Waals surface area contributed by atoms with Gasteiger partial charge < -0.3 is 0 Å². The zero-order valence-electron chi connectivity index (χ0n) is 4.31. The zero-order chi connectivity index (χ0) is 6.15. The molecule has 1 aliphatic rings. The Bertz CT molecular complexity index is 154. The van der Waals surface area contributed by atoms with E-state index in [9.17, 15) is 4.79 Å². The third-order valence-electron chi connectivity index (χ3n) is 0.939. The molecular weight excluding hydrogens is 128 g/mol. The third kappa shape index (κ3) is 0.690. The lowest BCUT2D eigenvalue weighted by molar-refractivity contribution is -0.118. The fourth-order valence-electron chi connectivity index (χ4n) is 0.446. The van der Waals surface area contributed by atoms with E-state index in [-0.39, 0.29) is 5.91 Å². The fraction of sp³-hybridized carbons (Fsp3) is 0.500. The molecule has 0 aliphatic carbocycles. The average molecular weight is 133 g/mol. The van der Waals surface area contributed by atoms with Gasteiger partial charge in [-0.1, -0.05) is 0 Å². The summed E-state index contributed by atoms with van der Waals surface area (Å²) in [5.74, 6) is -0.232. The number of halogens is 1. The highest BCUT2D eigenvalue weighted by atomic mass is 35.5. The van der Waals surface area contributed by atoms with E-state index in [1.807, 2.05) is 0 Å². The molecule has 0 aromatic rings. The fourth-order valence-corrected chi connectivity index (χ4v) is 0.544. The molecule has 0 fully saturated rings. The second-order valence-corrected chi connectivity index (χ2v) is 2.03. The highest BCUT2D eigenvalue weighted by molar-refractivity contribution is 6.43. The Morgan fingerprint density at radius 2 is 2.50 bits per heavy atom. The number of alkyl halides is 1. The minimum absolute atomic E-state index is 0.232. The number of hydrogen-bond acceptors (Lipinski definition) is 2. The summed E-state index contributed by atoms with van der Waals surface area (Å²) in [6, 6.07) is 0. The van der Waals surface area contributed by atoms with Crippen LogP contribution in [0.2, 0.25) is 0 Å². The van der Waals surface area contributed by atoms with Crippen molar-refractivity contribution in [2.75, 3.05) is 0 Å². The minimum Gasteiger partial charge on any atom is -0.271 e. The van der Waals surface area contributed by atoms with Gasteiger partial charge in [-0.15, -0.1) is 11.6 Å². The monoisotopic (exact) mass is 132 g/mol. The number of hydrazone groups is 1. The molecule has 1 unspecified atom stereocenters. The number of nitrogens with one attached hydrogen (secondary N) is 1. The van der Waals surface area contributed by atoms with Crippen LogP contribution in [0.1, 0.15) is 6.92 Å². The van der Waals surface area contributed by atoms with Crippen LogP contribution in [0.25, 0.3) is 0 Å². The van der Waals surface area contributed by atoms with Crippen molar-refractivity contribution in [2.45, 2.75) is 12.3 Å². The predicted molar refractivity (Wildman–Crippen MR) is 30.9 cm³/mol. The van der Waals surface area contributed by atoms with Gasteiger partial charge >= 0.3 is 0 Å². The predicted octanol–water partition coefficient (Wildman–Crippen LogP) is 0.0995. The number of hydrogen-bond donors (Lipinski definition) is 1. The Morgan fingerprint density at radius 3 is 2.62 bits per heavy atom. The molecule has 0 aromatic heterocycles. The Kier molecular flexibility index (Phi) is 1.21. The molecule has 8 heavy (non-hydrogen) atoms. The summed E-state index contributed by atoms with van der Waals surface area (Å²) < 4.78 is 0. The van der Waals surface area contributed by atoms with E-state index in [2.05, 4.69) is 10.5 Å². The highest BCUT2D eigenvalue weighted by Gasteiger charge is 2.23. The van der Waals surface area contributed by atoms with Gasteiger partial charge in [-0.25, -0.2) is 5.43 Å². The summed E-state index contributed by atoms with van der Waals surface area (Å²) >= 11 is 5.47. The average Bonchev–Trinajstić information content (AvgIpc) is 1.98. The largest absolute Gasteiger partial charge is 0.271 e. The quantitative estimate of drug-likeness (QED) is 0.467. The van der Waals surface area contributed by atoms with Crippen LogP contribution in [0.15, 0.2) is 5.10 Å². The summed E-state index contributed by atoms with van der Waals surface area (Å²) in [4.78, 5) is 10.4. The smallest absolute Gasteiger partial charge is 0.263 e. The normalized spacial score (nSPS) is 27.5. The second kappa shape index (κ2) is 1.74. The number of carbonyl (C=O) groups excluding carboxylic acids is 1. The molecule has 0 saturated heterocycles. The number of carbonyl (C=O) groups is 1. The lowest BCUT2D eigenvalue weighted by Crippen LogP contribution is -2.21. The van der Waals surface area contributed by atoms with E-state index < -0.39 is 5.38 Å². The van der Waals surface area contributed by atoms with Gasteiger partial charge in [-0.3, -0.25) is 4.79 Å². The van der Waals surface area contributed by atoms with Crippen LogP contribution in [0.4, 0.5) is 0 Å². The summed E-state index contributed by atoms with van der Waals surface area (Å²) in [5, 5.41) is 3.04. The van der Waals surface area contributed by atoms with Crippen LogP contribution in [-0.4, -0.2) is 17.0 Å². The Morgan fingerprint density at radius 1 is 1.88 bits per heavy atom. The van der Waals surface area contributed by atoms with Gasteiger partial charge in [0.15, 0.2) is 5.38 Å². The molecule has 0 aromatic carbocycles. The molecule has 1 rings (SSSR count). The SMILES string of the molecule is CC1=NNC(=O)C1Cl. The first kappa shape index (κ1) is 5.56. The van der Waals surface area contributed by atoms with Crippen LogP contribution >= 0.6 is 11.6 Å². The Labute approximate surface area is 51.7 Å². The van der Waals surface area contributed by atoms with E-state index in [1.165, 1.54) is 0 Å². The van der Waals surface area contributed by atoms with Gasteiger partial charge in [0.25, 0.3) is 5.91 Å². The molecule has 0 saturated carbocycles. The number of nitrogens with zero attached hydrogens (tertiary/aromatic N) is 1. The van der Waals surface area contributed by atoms with Gasteiger partial charge in [0.1, 0.15) is 0 Å².